The fourth-order valence-electron chi connectivity index (χ4n) is 1.96. The number of fused-ring (bicyclic) bond motifs is 1. The first-order chi connectivity index (χ1) is 8.67. The Balaban J connectivity index is 2.55. The summed E-state index contributed by atoms with van der Waals surface area (Å²) in [5, 5.41) is 9.77. The van der Waals surface area contributed by atoms with Crippen molar-refractivity contribution in [2.24, 2.45) is 0 Å². The van der Waals surface area contributed by atoms with E-state index in [9.17, 15) is 4.79 Å². The summed E-state index contributed by atoms with van der Waals surface area (Å²) in [7, 11) is 1.37. The molecule has 0 radical (unpaired) electrons. The number of esters is 1. The SMILES string of the molecule is COC(=O)c1cn(CCCO)c2cc(Br)ccc12. The van der Waals surface area contributed by atoms with E-state index in [1.54, 1.807) is 6.20 Å². The first-order valence-corrected chi connectivity index (χ1v) is 6.44. The number of hydrogen-bond acceptors (Lipinski definition) is 3. The van der Waals surface area contributed by atoms with E-state index in [4.69, 9.17) is 9.84 Å². The molecule has 2 rings (SSSR count). The van der Waals surface area contributed by atoms with Gasteiger partial charge in [0.05, 0.1) is 18.2 Å². The van der Waals surface area contributed by atoms with E-state index in [1.807, 2.05) is 22.8 Å². The largest absolute Gasteiger partial charge is 0.465 e. The summed E-state index contributed by atoms with van der Waals surface area (Å²) in [5.41, 5.74) is 1.51. The summed E-state index contributed by atoms with van der Waals surface area (Å²) in [5.74, 6) is -0.343. The first-order valence-electron chi connectivity index (χ1n) is 5.65. The van der Waals surface area contributed by atoms with E-state index in [-0.39, 0.29) is 12.6 Å². The molecule has 0 aliphatic carbocycles. The molecular formula is C13H14BrNO3. The second-order valence-corrected chi connectivity index (χ2v) is 4.88. The predicted molar refractivity (Wildman–Crippen MR) is 72.7 cm³/mol. The van der Waals surface area contributed by atoms with E-state index in [2.05, 4.69) is 15.9 Å². The minimum absolute atomic E-state index is 0.126. The lowest BCUT2D eigenvalue weighted by atomic mass is 10.2. The Kier molecular flexibility index (Phi) is 4.04. The topological polar surface area (TPSA) is 51.5 Å². The summed E-state index contributed by atoms with van der Waals surface area (Å²) in [4.78, 5) is 11.7. The van der Waals surface area contributed by atoms with Gasteiger partial charge in [-0.25, -0.2) is 4.79 Å². The van der Waals surface area contributed by atoms with Crippen molar-refractivity contribution >= 4 is 32.8 Å². The van der Waals surface area contributed by atoms with Crippen LogP contribution in [0.3, 0.4) is 0 Å². The molecule has 0 aliphatic heterocycles. The number of ether oxygens (including phenoxy) is 1. The molecule has 0 spiro atoms. The van der Waals surface area contributed by atoms with Gasteiger partial charge in [0.2, 0.25) is 0 Å². The number of aliphatic hydroxyl groups excluding tert-OH is 1. The minimum atomic E-state index is -0.343. The monoisotopic (exact) mass is 311 g/mol. The van der Waals surface area contributed by atoms with Gasteiger partial charge in [-0.1, -0.05) is 22.0 Å². The number of methoxy groups -OCH3 is 1. The highest BCUT2D eigenvalue weighted by Gasteiger charge is 2.15. The quantitative estimate of drug-likeness (QED) is 0.883. The van der Waals surface area contributed by atoms with Crippen LogP contribution in [0, 0.1) is 0 Å². The van der Waals surface area contributed by atoms with Crippen molar-refractivity contribution in [2.45, 2.75) is 13.0 Å². The van der Waals surface area contributed by atoms with Crippen LogP contribution in [0.2, 0.25) is 0 Å². The normalized spacial score (nSPS) is 10.8. The predicted octanol–water partition coefficient (Wildman–Crippen LogP) is 2.57. The molecule has 0 amide bonds. The molecule has 1 heterocycles. The minimum Gasteiger partial charge on any atom is -0.465 e. The summed E-state index contributed by atoms with van der Waals surface area (Å²) in [6.45, 7) is 0.793. The molecule has 0 saturated heterocycles. The first kappa shape index (κ1) is 13.1. The molecule has 1 N–H and O–H groups in total. The van der Waals surface area contributed by atoms with E-state index in [1.165, 1.54) is 7.11 Å². The van der Waals surface area contributed by atoms with Crippen LogP contribution in [0.1, 0.15) is 16.8 Å². The van der Waals surface area contributed by atoms with Gasteiger partial charge in [-0.15, -0.1) is 0 Å². The second-order valence-electron chi connectivity index (χ2n) is 3.97. The van der Waals surface area contributed by atoms with Gasteiger partial charge in [-0.2, -0.15) is 0 Å². The molecule has 0 saturated carbocycles. The van der Waals surface area contributed by atoms with Crippen LogP contribution in [-0.2, 0) is 11.3 Å². The zero-order valence-corrected chi connectivity index (χ0v) is 11.6. The third-order valence-electron chi connectivity index (χ3n) is 2.81. The molecule has 4 nitrogen and oxygen atoms in total. The number of nitrogens with zero attached hydrogens (tertiary/aromatic N) is 1. The lowest BCUT2D eigenvalue weighted by Crippen LogP contribution is -2.01. The fraction of sp³-hybridized carbons (Fsp3) is 0.308. The van der Waals surface area contributed by atoms with Crippen molar-refractivity contribution in [1.29, 1.82) is 0 Å². The van der Waals surface area contributed by atoms with Gasteiger partial charge in [0.25, 0.3) is 0 Å². The Morgan fingerprint density at radius 3 is 2.94 bits per heavy atom. The van der Waals surface area contributed by atoms with Crippen molar-refractivity contribution in [1.82, 2.24) is 4.57 Å². The number of aliphatic hydroxyl groups is 1. The maximum Gasteiger partial charge on any atom is 0.340 e. The summed E-state index contributed by atoms with van der Waals surface area (Å²) in [6, 6.07) is 5.74. The highest BCUT2D eigenvalue weighted by Crippen LogP contribution is 2.25. The van der Waals surface area contributed by atoms with Crippen LogP contribution in [-0.4, -0.2) is 29.4 Å². The van der Waals surface area contributed by atoms with E-state index < -0.39 is 0 Å². The molecule has 1 aromatic heterocycles. The third-order valence-corrected chi connectivity index (χ3v) is 3.30. The van der Waals surface area contributed by atoms with Gasteiger partial charge >= 0.3 is 5.97 Å². The Morgan fingerprint density at radius 2 is 2.28 bits per heavy atom. The van der Waals surface area contributed by atoms with Crippen LogP contribution in [0.15, 0.2) is 28.9 Å². The Morgan fingerprint density at radius 1 is 1.50 bits per heavy atom. The van der Waals surface area contributed by atoms with Crippen molar-refractivity contribution in [3.05, 3.63) is 34.4 Å². The van der Waals surface area contributed by atoms with Crippen molar-refractivity contribution in [2.75, 3.05) is 13.7 Å². The van der Waals surface area contributed by atoms with E-state index >= 15 is 0 Å². The van der Waals surface area contributed by atoms with E-state index in [0.717, 1.165) is 15.4 Å². The average molecular weight is 312 g/mol. The molecule has 5 heteroatoms. The van der Waals surface area contributed by atoms with Gasteiger partial charge in [0, 0.05) is 29.2 Å². The molecule has 96 valence electrons. The van der Waals surface area contributed by atoms with E-state index in [0.29, 0.717) is 18.5 Å². The van der Waals surface area contributed by atoms with Crippen LogP contribution in [0.25, 0.3) is 10.9 Å². The van der Waals surface area contributed by atoms with Crippen molar-refractivity contribution in [3.8, 4) is 0 Å². The highest BCUT2D eigenvalue weighted by molar-refractivity contribution is 9.10. The molecule has 1 aromatic carbocycles. The molecule has 18 heavy (non-hydrogen) atoms. The van der Waals surface area contributed by atoms with Crippen molar-refractivity contribution in [3.63, 3.8) is 0 Å². The van der Waals surface area contributed by atoms with Gasteiger partial charge in [0.1, 0.15) is 0 Å². The molecule has 2 aromatic rings. The number of halogens is 1. The summed E-state index contributed by atoms with van der Waals surface area (Å²) in [6.07, 6.45) is 2.43. The zero-order valence-electron chi connectivity index (χ0n) is 10.0. The van der Waals surface area contributed by atoms with Gasteiger partial charge < -0.3 is 14.4 Å². The van der Waals surface area contributed by atoms with Gasteiger partial charge in [-0.05, 0) is 18.6 Å². The van der Waals surface area contributed by atoms with Crippen LogP contribution in [0.4, 0.5) is 0 Å². The number of aromatic nitrogens is 1. The number of aryl methyl sites for hydroxylation is 1. The Hall–Kier alpha value is -1.33. The standard InChI is InChI=1S/C13H14BrNO3/c1-18-13(17)11-8-15(5-2-6-16)12-7-9(14)3-4-10(11)12/h3-4,7-8,16H,2,5-6H2,1H3. The molecule has 0 fully saturated rings. The molecule has 0 atom stereocenters. The summed E-state index contributed by atoms with van der Waals surface area (Å²) < 4.78 is 7.69. The van der Waals surface area contributed by atoms with Gasteiger partial charge in [0.15, 0.2) is 0 Å². The number of benzene rings is 1. The Labute approximate surface area is 113 Å². The Bertz CT molecular complexity index is 577. The smallest absolute Gasteiger partial charge is 0.340 e. The van der Waals surface area contributed by atoms with Crippen LogP contribution < -0.4 is 0 Å². The van der Waals surface area contributed by atoms with Crippen molar-refractivity contribution < 1.29 is 14.6 Å². The zero-order chi connectivity index (χ0) is 13.1. The van der Waals surface area contributed by atoms with Gasteiger partial charge in [-0.3, -0.25) is 0 Å². The third kappa shape index (κ3) is 2.42. The second kappa shape index (κ2) is 5.54. The average Bonchev–Trinajstić information content (AvgIpc) is 2.73. The molecule has 0 aliphatic rings. The number of carbonyl (C=O) groups is 1. The number of carbonyl (C=O) groups excluding carboxylic acids is 1. The lowest BCUT2D eigenvalue weighted by molar-refractivity contribution is 0.0602. The highest BCUT2D eigenvalue weighted by atomic mass is 79.9. The fourth-order valence-corrected chi connectivity index (χ4v) is 2.31. The van der Waals surface area contributed by atoms with Crippen LogP contribution in [0.5, 0.6) is 0 Å². The lowest BCUT2D eigenvalue weighted by Gasteiger charge is -2.03. The maximum atomic E-state index is 11.7. The molecular weight excluding hydrogens is 298 g/mol. The molecule has 0 unspecified atom stereocenters. The number of rotatable bonds is 4. The molecule has 0 bridgehead atoms. The summed E-state index contributed by atoms with van der Waals surface area (Å²) >= 11 is 3.42. The van der Waals surface area contributed by atoms with Crippen LogP contribution >= 0.6 is 15.9 Å². The number of hydrogen-bond donors (Lipinski definition) is 1. The maximum absolute atomic E-state index is 11.7.